The van der Waals surface area contributed by atoms with Crippen LogP contribution in [-0.4, -0.2) is 21.3 Å². The van der Waals surface area contributed by atoms with Crippen LogP contribution in [0.15, 0.2) is 18.0 Å². The fraction of sp³-hybridized carbons (Fsp3) is 0.692. The van der Waals surface area contributed by atoms with Crippen molar-refractivity contribution in [3.05, 3.63) is 23.8 Å². The minimum Gasteiger partial charge on any atom is -0.320 e. The zero-order chi connectivity index (χ0) is 12.3. The highest BCUT2D eigenvalue weighted by atomic mass is 15.3. The van der Waals surface area contributed by atoms with Crippen LogP contribution in [0.1, 0.15) is 32.5 Å². The maximum absolute atomic E-state index is 4.07. The second kappa shape index (κ2) is 5.45. The molecule has 1 N–H and O–H groups in total. The van der Waals surface area contributed by atoms with Gasteiger partial charge in [-0.1, -0.05) is 18.6 Å². The van der Waals surface area contributed by atoms with Gasteiger partial charge in [0.1, 0.15) is 12.2 Å². The van der Waals surface area contributed by atoms with Crippen molar-refractivity contribution in [2.75, 3.05) is 6.54 Å². The van der Waals surface area contributed by atoms with Gasteiger partial charge in [-0.05, 0) is 31.6 Å². The van der Waals surface area contributed by atoms with Gasteiger partial charge in [0.15, 0.2) is 0 Å². The van der Waals surface area contributed by atoms with Crippen molar-refractivity contribution in [2.45, 2.75) is 33.2 Å². The number of allylic oxidation sites excluding steroid dienone is 1. The van der Waals surface area contributed by atoms with E-state index in [1.165, 1.54) is 18.4 Å². The van der Waals surface area contributed by atoms with E-state index < -0.39 is 0 Å². The summed E-state index contributed by atoms with van der Waals surface area (Å²) in [5.41, 5.74) is 1.54. The van der Waals surface area contributed by atoms with Crippen LogP contribution in [0.5, 0.6) is 0 Å². The highest BCUT2D eigenvalue weighted by molar-refractivity contribution is 5.09. The van der Waals surface area contributed by atoms with E-state index in [0.29, 0.717) is 5.92 Å². The third-order valence-electron chi connectivity index (χ3n) is 3.81. The fourth-order valence-electron chi connectivity index (χ4n) is 2.54. The smallest absolute Gasteiger partial charge is 0.146 e. The topological polar surface area (TPSA) is 42.7 Å². The standard InChI is InChI=1S/C13H22N4/c1-10-5-4-6-11(2)12(10)7-14-8-13-16-15-9-17(13)3/h5,9,11-12,14H,4,6-8H2,1-3H3. The normalized spacial score (nSPS) is 24.8. The Hall–Kier alpha value is -1.16. The van der Waals surface area contributed by atoms with Crippen LogP contribution >= 0.6 is 0 Å². The second-order valence-corrected chi connectivity index (χ2v) is 5.10. The molecule has 1 aromatic rings. The van der Waals surface area contributed by atoms with Gasteiger partial charge in [-0.15, -0.1) is 10.2 Å². The van der Waals surface area contributed by atoms with Gasteiger partial charge in [-0.25, -0.2) is 0 Å². The van der Waals surface area contributed by atoms with Crippen molar-refractivity contribution in [3.63, 3.8) is 0 Å². The first-order valence-corrected chi connectivity index (χ1v) is 6.38. The lowest BCUT2D eigenvalue weighted by Gasteiger charge is -2.28. The highest BCUT2D eigenvalue weighted by Gasteiger charge is 2.21. The van der Waals surface area contributed by atoms with Gasteiger partial charge < -0.3 is 9.88 Å². The summed E-state index contributed by atoms with van der Waals surface area (Å²) in [4.78, 5) is 0. The molecule has 0 aliphatic heterocycles. The fourth-order valence-corrected chi connectivity index (χ4v) is 2.54. The van der Waals surface area contributed by atoms with Crippen LogP contribution in [0.4, 0.5) is 0 Å². The summed E-state index contributed by atoms with van der Waals surface area (Å²) in [5, 5.41) is 11.4. The highest BCUT2D eigenvalue weighted by Crippen LogP contribution is 2.29. The molecule has 17 heavy (non-hydrogen) atoms. The van der Waals surface area contributed by atoms with E-state index in [4.69, 9.17) is 0 Å². The maximum atomic E-state index is 4.07. The first-order chi connectivity index (χ1) is 8.18. The Morgan fingerprint density at radius 1 is 1.53 bits per heavy atom. The zero-order valence-electron chi connectivity index (χ0n) is 11.0. The average Bonchev–Trinajstić information content (AvgIpc) is 2.69. The van der Waals surface area contributed by atoms with Crippen LogP contribution in [0.25, 0.3) is 0 Å². The Balaban J connectivity index is 1.84. The number of nitrogens with one attached hydrogen (secondary N) is 1. The van der Waals surface area contributed by atoms with Gasteiger partial charge in [0, 0.05) is 13.6 Å². The summed E-state index contributed by atoms with van der Waals surface area (Å²) in [6.07, 6.45) is 6.68. The lowest BCUT2D eigenvalue weighted by Crippen LogP contribution is -2.30. The van der Waals surface area contributed by atoms with E-state index in [2.05, 4.69) is 35.4 Å². The molecular formula is C13H22N4. The molecule has 0 fully saturated rings. The third kappa shape index (κ3) is 2.94. The molecule has 2 unspecified atom stereocenters. The molecule has 2 atom stereocenters. The van der Waals surface area contributed by atoms with Gasteiger partial charge in [0.05, 0.1) is 6.54 Å². The van der Waals surface area contributed by atoms with E-state index in [1.807, 2.05) is 11.6 Å². The Morgan fingerprint density at radius 2 is 2.35 bits per heavy atom. The molecular weight excluding hydrogens is 212 g/mol. The van der Waals surface area contributed by atoms with Crippen molar-refractivity contribution in [1.82, 2.24) is 20.1 Å². The molecule has 0 radical (unpaired) electrons. The summed E-state index contributed by atoms with van der Waals surface area (Å²) < 4.78 is 1.96. The molecule has 1 aliphatic carbocycles. The van der Waals surface area contributed by atoms with Crippen LogP contribution in [0, 0.1) is 11.8 Å². The van der Waals surface area contributed by atoms with Gasteiger partial charge in [0.2, 0.25) is 0 Å². The van der Waals surface area contributed by atoms with E-state index in [9.17, 15) is 0 Å². The second-order valence-electron chi connectivity index (χ2n) is 5.10. The molecule has 2 rings (SSSR count). The van der Waals surface area contributed by atoms with Crippen molar-refractivity contribution in [1.29, 1.82) is 0 Å². The molecule has 1 aliphatic rings. The van der Waals surface area contributed by atoms with Crippen LogP contribution < -0.4 is 5.32 Å². The molecule has 4 heteroatoms. The SMILES string of the molecule is CC1=CCCC(C)C1CNCc1nncn1C. The quantitative estimate of drug-likeness (QED) is 0.809. The number of hydrogen-bond donors (Lipinski definition) is 1. The van der Waals surface area contributed by atoms with Crippen molar-refractivity contribution in [2.24, 2.45) is 18.9 Å². The maximum Gasteiger partial charge on any atom is 0.146 e. The monoisotopic (exact) mass is 234 g/mol. The summed E-state index contributed by atoms with van der Waals surface area (Å²) in [6.45, 7) is 6.44. The Bertz CT molecular complexity index is 394. The largest absolute Gasteiger partial charge is 0.320 e. The van der Waals surface area contributed by atoms with E-state index in [-0.39, 0.29) is 0 Å². The molecule has 0 aromatic carbocycles. The summed E-state index contributed by atoms with van der Waals surface area (Å²) >= 11 is 0. The van der Waals surface area contributed by atoms with Crippen LogP contribution in [-0.2, 0) is 13.6 Å². The summed E-state index contributed by atoms with van der Waals surface area (Å²) in [7, 11) is 1.98. The first kappa shape index (κ1) is 12.3. The predicted octanol–water partition coefficient (Wildman–Crippen LogP) is 1.90. The van der Waals surface area contributed by atoms with Gasteiger partial charge in [0.25, 0.3) is 0 Å². The van der Waals surface area contributed by atoms with Crippen molar-refractivity contribution >= 4 is 0 Å². The Morgan fingerprint density at radius 3 is 3.00 bits per heavy atom. The average molecular weight is 234 g/mol. The Labute approximate surface area is 103 Å². The predicted molar refractivity (Wildman–Crippen MR) is 68.4 cm³/mol. The third-order valence-corrected chi connectivity index (χ3v) is 3.81. The van der Waals surface area contributed by atoms with Crippen LogP contribution in [0.3, 0.4) is 0 Å². The van der Waals surface area contributed by atoms with Crippen molar-refractivity contribution in [3.8, 4) is 0 Å². The molecule has 1 aromatic heterocycles. The number of hydrogen-bond acceptors (Lipinski definition) is 3. The molecule has 0 saturated carbocycles. The molecule has 0 spiro atoms. The minimum atomic E-state index is 0.678. The molecule has 94 valence electrons. The van der Waals surface area contributed by atoms with E-state index >= 15 is 0 Å². The molecule has 0 bridgehead atoms. The molecule has 1 heterocycles. The minimum absolute atomic E-state index is 0.678. The van der Waals surface area contributed by atoms with Gasteiger partial charge in [-0.3, -0.25) is 0 Å². The number of rotatable bonds is 4. The number of aromatic nitrogens is 3. The number of aryl methyl sites for hydroxylation is 1. The van der Waals surface area contributed by atoms with E-state index in [1.54, 1.807) is 6.33 Å². The summed E-state index contributed by atoms with van der Waals surface area (Å²) in [5.74, 6) is 2.46. The Kier molecular flexibility index (Phi) is 3.94. The summed E-state index contributed by atoms with van der Waals surface area (Å²) in [6, 6.07) is 0. The number of nitrogens with zero attached hydrogens (tertiary/aromatic N) is 3. The van der Waals surface area contributed by atoms with Gasteiger partial charge in [-0.2, -0.15) is 0 Å². The molecule has 0 saturated heterocycles. The lowest BCUT2D eigenvalue weighted by atomic mass is 9.80. The van der Waals surface area contributed by atoms with Gasteiger partial charge >= 0.3 is 0 Å². The lowest BCUT2D eigenvalue weighted by molar-refractivity contribution is 0.348. The first-order valence-electron chi connectivity index (χ1n) is 6.38. The van der Waals surface area contributed by atoms with Crippen LogP contribution in [0.2, 0.25) is 0 Å². The molecule has 0 amide bonds. The van der Waals surface area contributed by atoms with E-state index in [0.717, 1.165) is 24.8 Å². The zero-order valence-corrected chi connectivity index (χ0v) is 11.0. The molecule has 4 nitrogen and oxygen atoms in total. The van der Waals surface area contributed by atoms with Crippen molar-refractivity contribution < 1.29 is 0 Å².